The molecule has 0 aliphatic carbocycles. The number of carbonyl (C=O) groups is 1. The predicted octanol–water partition coefficient (Wildman–Crippen LogP) is 1.30. The van der Waals surface area contributed by atoms with E-state index < -0.39 is 0 Å². The molecule has 2 atom stereocenters. The number of hydrogen-bond acceptors (Lipinski definition) is 3. The quantitative estimate of drug-likeness (QED) is 0.661. The SMILES string of the molecule is CNC(=O)CC(CCSC)COP. The van der Waals surface area contributed by atoms with Crippen LogP contribution in [0.1, 0.15) is 12.8 Å². The Morgan fingerprint density at radius 3 is 2.85 bits per heavy atom. The summed E-state index contributed by atoms with van der Waals surface area (Å²) >= 11 is 1.80. The van der Waals surface area contributed by atoms with Crippen molar-refractivity contribution in [3.63, 3.8) is 0 Å². The molecule has 0 fully saturated rings. The van der Waals surface area contributed by atoms with Gasteiger partial charge in [0, 0.05) is 22.9 Å². The van der Waals surface area contributed by atoms with Crippen LogP contribution >= 0.6 is 21.2 Å². The molecule has 0 saturated heterocycles. The maximum atomic E-state index is 11.1. The number of amides is 1. The standard InChI is InChI=1S/C8H18NO2PS/c1-9-8(10)5-7(6-11-12)3-4-13-2/h7H,3-6,12H2,1-2H3,(H,9,10). The van der Waals surface area contributed by atoms with E-state index in [1.54, 1.807) is 18.8 Å². The van der Waals surface area contributed by atoms with Gasteiger partial charge >= 0.3 is 0 Å². The first-order valence-corrected chi connectivity index (χ1v) is 6.12. The van der Waals surface area contributed by atoms with E-state index in [-0.39, 0.29) is 5.91 Å². The van der Waals surface area contributed by atoms with Crippen LogP contribution < -0.4 is 5.32 Å². The average Bonchev–Trinajstić information content (AvgIpc) is 2.14. The molecule has 0 aromatic heterocycles. The molecular weight excluding hydrogens is 205 g/mol. The van der Waals surface area contributed by atoms with Gasteiger partial charge in [0.15, 0.2) is 0 Å². The Morgan fingerprint density at radius 2 is 2.38 bits per heavy atom. The number of thioether (sulfide) groups is 1. The Kier molecular flexibility index (Phi) is 8.93. The molecule has 0 heterocycles. The summed E-state index contributed by atoms with van der Waals surface area (Å²) in [6.07, 6.45) is 3.66. The second-order valence-electron chi connectivity index (χ2n) is 2.86. The Hall–Kier alpha value is 0.210. The van der Waals surface area contributed by atoms with Gasteiger partial charge in [0.25, 0.3) is 0 Å². The highest BCUT2D eigenvalue weighted by Crippen LogP contribution is 2.13. The van der Waals surface area contributed by atoms with Crippen molar-refractivity contribution >= 4 is 27.1 Å². The van der Waals surface area contributed by atoms with E-state index in [2.05, 4.69) is 21.0 Å². The lowest BCUT2D eigenvalue weighted by Crippen LogP contribution is -2.23. The van der Waals surface area contributed by atoms with E-state index in [0.717, 1.165) is 12.2 Å². The van der Waals surface area contributed by atoms with Gasteiger partial charge in [-0.25, -0.2) is 0 Å². The van der Waals surface area contributed by atoms with Crippen molar-refractivity contribution in [2.45, 2.75) is 12.8 Å². The largest absolute Gasteiger partial charge is 0.365 e. The monoisotopic (exact) mass is 223 g/mol. The van der Waals surface area contributed by atoms with Crippen LogP contribution in [0.25, 0.3) is 0 Å². The molecule has 2 unspecified atom stereocenters. The smallest absolute Gasteiger partial charge is 0.220 e. The highest BCUT2D eigenvalue weighted by molar-refractivity contribution is 7.98. The molecule has 0 radical (unpaired) electrons. The third-order valence-corrected chi connectivity index (χ3v) is 2.65. The molecule has 0 aromatic carbocycles. The molecule has 0 aliphatic heterocycles. The summed E-state index contributed by atoms with van der Waals surface area (Å²) in [4.78, 5) is 11.1. The van der Waals surface area contributed by atoms with Crippen LogP contribution in [0.2, 0.25) is 0 Å². The molecular formula is C8H18NO2PS. The fourth-order valence-electron chi connectivity index (χ4n) is 1.03. The van der Waals surface area contributed by atoms with Crippen molar-refractivity contribution in [1.29, 1.82) is 0 Å². The van der Waals surface area contributed by atoms with E-state index in [9.17, 15) is 4.79 Å². The maximum Gasteiger partial charge on any atom is 0.220 e. The van der Waals surface area contributed by atoms with Gasteiger partial charge in [0.05, 0.1) is 6.61 Å². The lowest BCUT2D eigenvalue weighted by Gasteiger charge is -2.13. The summed E-state index contributed by atoms with van der Waals surface area (Å²) in [6.45, 7) is 0.638. The van der Waals surface area contributed by atoms with Crippen LogP contribution in [0.4, 0.5) is 0 Å². The molecule has 0 aliphatic rings. The summed E-state index contributed by atoms with van der Waals surface area (Å²) in [7, 11) is 3.89. The van der Waals surface area contributed by atoms with Crippen molar-refractivity contribution in [1.82, 2.24) is 5.32 Å². The predicted molar refractivity (Wildman–Crippen MR) is 60.8 cm³/mol. The summed E-state index contributed by atoms with van der Waals surface area (Å²) in [5, 5.41) is 2.62. The Bertz CT molecular complexity index is 146. The minimum atomic E-state index is 0.0909. The van der Waals surface area contributed by atoms with Crippen molar-refractivity contribution in [3.05, 3.63) is 0 Å². The van der Waals surface area contributed by atoms with Gasteiger partial charge < -0.3 is 9.84 Å². The van der Waals surface area contributed by atoms with Gasteiger partial charge in [-0.15, -0.1) is 0 Å². The molecule has 78 valence electrons. The van der Waals surface area contributed by atoms with Gasteiger partial charge in [0.2, 0.25) is 5.91 Å². The lowest BCUT2D eigenvalue weighted by molar-refractivity contribution is -0.121. The lowest BCUT2D eigenvalue weighted by atomic mass is 10.0. The third-order valence-electron chi connectivity index (χ3n) is 1.82. The fourth-order valence-corrected chi connectivity index (χ4v) is 1.87. The zero-order valence-corrected chi connectivity index (χ0v) is 10.2. The molecule has 1 N–H and O–H groups in total. The number of rotatable bonds is 7. The van der Waals surface area contributed by atoms with Gasteiger partial charge in [-0.05, 0) is 24.3 Å². The highest BCUT2D eigenvalue weighted by atomic mass is 32.2. The van der Waals surface area contributed by atoms with Gasteiger partial charge in [-0.2, -0.15) is 11.8 Å². The van der Waals surface area contributed by atoms with E-state index in [0.29, 0.717) is 18.9 Å². The van der Waals surface area contributed by atoms with E-state index >= 15 is 0 Å². The first kappa shape index (κ1) is 13.2. The highest BCUT2D eigenvalue weighted by Gasteiger charge is 2.12. The van der Waals surface area contributed by atoms with Crippen LogP contribution in [-0.2, 0) is 9.32 Å². The fraction of sp³-hybridized carbons (Fsp3) is 0.875. The van der Waals surface area contributed by atoms with E-state index in [4.69, 9.17) is 4.52 Å². The number of hydrogen-bond donors (Lipinski definition) is 1. The zero-order valence-electron chi connectivity index (χ0n) is 8.21. The van der Waals surface area contributed by atoms with Crippen molar-refractivity contribution < 1.29 is 9.32 Å². The van der Waals surface area contributed by atoms with Gasteiger partial charge in [-0.3, -0.25) is 4.79 Å². The zero-order chi connectivity index (χ0) is 10.1. The summed E-state index contributed by atoms with van der Waals surface area (Å²) in [5.74, 6) is 1.51. The minimum Gasteiger partial charge on any atom is -0.365 e. The first-order valence-electron chi connectivity index (χ1n) is 4.25. The van der Waals surface area contributed by atoms with Crippen molar-refractivity contribution in [2.24, 2.45) is 5.92 Å². The van der Waals surface area contributed by atoms with Gasteiger partial charge in [-0.1, -0.05) is 0 Å². The van der Waals surface area contributed by atoms with Crippen molar-refractivity contribution in [2.75, 3.05) is 25.7 Å². The third kappa shape index (κ3) is 7.29. The summed E-state index contributed by atoms with van der Waals surface area (Å²) in [5.41, 5.74) is 0. The van der Waals surface area contributed by atoms with E-state index in [1.165, 1.54) is 0 Å². The van der Waals surface area contributed by atoms with E-state index in [1.807, 2.05) is 0 Å². The topological polar surface area (TPSA) is 38.3 Å². The second-order valence-corrected chi connectivity index (χ2v) is 4.18. The summed E-state index contributed by atoms with van der Waals surface area (Å²) < 4.78 is 4.97. The number of nitrogens with one attached hydrogen (secondary N) is 1. The second kappa shape index (κ2) is 8.79. The van der Waals surface area contributed by atoms with Crippen LogP contribution in [0.5, 0.6) is 0 Å². The van der Waals surface area contributed by atoms with Crippen LogP contribution in [-0.4, -0.2) is 31.6 Å². The van der Waals surface area contributed by atoms with Crippen molar-refractivity contribution in [3.8, 4) is 0 Å². The molecule has 0 spiro atoms. The van der Waals surface area contributed by atoms with Crippen LogP contribution in [0.15, 0.2) is 0 Å². The average molecular weight is 223 g/mol. The maximum absolute atomic E-state index is 11.1. The molecule has 0 bridgehead atoms. The Labute approximate surface area is 86.7 Å². The minimum absolute atomic E-state index is 0.0909. The van der Waals surface area contributed by atoms with Gasteiger partial charge in [0.1, 0.15) is 0 Å². The molecule has 1 amide bonds. The van der Waals surface area contributed by atoms with Crippen LogP contribution in [0.3, 0.4) is 0 Å². The molecule has 0 saturated carbocycles. The molecule has 13 heavy (non-hydrogen) atoms. The summed E-state index contributed by atoms with van der Waals surface area (Å²) in [6, 6.07) is 0. The molecule has 0 rings (SSSR count). The first-order chi connectivity index (χ1) is 6.24. The molecule has 3 nitrogen and oxygen atoms in total. The van der Waals surface area contributed by atoms with Crippen LogP contribution in [0, 0.1) is 5.92 Å². The molecule has 0 aromatic rings. The number of carbonyl (C=O) groups excluding carboxylic acids is 1. The normalized spacial score (nSPS) is 12.5. The Balaban J connectivity index is 3.71. The Morgan fingerprint density at radius 1 is 1.69 bits per heavy atom. The molecule has 5 heteroatoms.